The summed E-state index contributed by atoms with van der Waals surface area (Å²) in [6.07, 6.45) is 5.60. The Morgan fingerprint density at radius 1 is 1.50 bits per heavy atom. The highest BCUT2D eigenvalue weighted by molar-refractivity contribution is 4.85. The van der Waals surface area contributed by atoms with E-state index in [1.54, 1.807) is 0 Å². The molecule has 1 aliphatic rings. The topological polar surface area (TPSA) is 49.5 Å². The number of nitrogens with two attached hydrogens (primary N) is 1. The number of aliphatic hydroxyl groups is 1. The predicted molar refractivity (Wildman–Crippen MR) is 59.2 cm³/mol. The standard InChI is InChI=1S/C11H24N2O/c1-3-11(12,9-14)7-4-8-13(2)10-5-6-10/h10,14H,3-9,12H2,1-2H3. The van der Waals surface area contributed by atoms with Gasteiger partial charge in [0.25, 0.3) is 0 Å². The van der Waals surface area contributed by atoms with E-state index in [1.165, 1.54) is 12.8 Å². The highest BCUT2D eigenvalue weighted by atomic mass is 16.3. The first-order chi connectivity index (χ1) is 6.61. The minimum atomic E-state index is -0.343. The van der Waals surface area contributed by atoms with Gasteiger partial charge in [0.2, 0.25) is 0 Å². The molecule has 1 aliphatic carbocycles. The van der Waals surface area contributed by atoms with Gasteiger partial charge in [-0.2, -0.15) is 0 Å². The van der Waals surface area contributed by atoms with Crippen LogP contribution in [0.1, 0.15) is 39.0 Å². The maximum absolute atomic E-state index is 9.13. The quantitative estimate of drug-likeness (QED) is 0.643. The summed E-state index contributed by atoms with van der Waals surface area (Å²) in [5.74, 6) is 0. The zero-order valence-electron chi connectivity index (χ0n) is 9.50. The number of rotatable bonds is 7. The fraction of sp³-hybridized carbons (Fsp3) is 1.00. The van der Waals surface area contributed by atoms with Crippen LogP contribution in [0.25, 0.3) is 0 Å². The Labute approximate surface area is 87.3 Å². The van der Waals surface area contributed by atoms with E-state index in [-0.39, 0.29) is 12.1 Å². The summed E-state index contributed by atoms with van der Waals surface area (Å²) >= 11 is 0. The molecule has 1 saturated carbocycles. The molecule has 3 N–H and O–H groups in total. The summed E-state index contributed by atoms with van der Waals surface area (Å²) in [6, 6.07) is 0.831. The highest BCUT2D eigenvalue weighted by Gasteiger charge is 2.26. The summed E-state index contributed by atoms with van der Waals surface area (Å²) in [5, 5.41) is 9.13. The van der Waals surface area contributed by atoms with Crippen molar-refractivity contribution < 1.29 is 5.11 Å². The first-order valence-corrected chi connectivity index (χ1v) is 5.71. The molecule has 14 heavy (non-hydrogen) atoms. The molecule has 0 saturated heterocycles. The maximum Gasteiger partial charge on any atom is 0.0611 e. The van der Waals surface area contributed by atoms with Crippen molar-refractivity contribution in [2.24, 2.45) is 5.73 Å². The third-order valence-corrected chi connectivity index (χ3v) is 3.37. The van der Waals surface area contributed by atoms with E-state index in [0.717, 1.165) is 31.8 Å². The van der Waals surface area contributed by atoms with Crippen LogP contribution in [-0.4, -0.2) is 41.8 Å². The lowest BCUT2D eigenvalue weighted by molar-refractivity contribution is 0.174. The van der Waals surface area contributed by atoms with Crippen LogP contribution < -0.4 is 5.73 Å². The van der Waals surface area contributed by atoms with Crippen molar-refractivity contribution in [3.05, 3.63) is 0 Å². The van der Waals surface area contributed by atoms with Gasteiger partial charge < -0.3 is 15.7 Å². The normalized spacial score (nSPS) is 21.2. The molecule has 0 amide bonds. The molecule has 1 fully saturated rings. The Morgan fingerprint density at radius 3 is 2.57 bits per heavy atom. The molecule has 1 unspecified atom stereocenters. The second-order valence-corrected chi connectivity index (χ2v) is 4.69. The molecule has 84 valence electrons. The molecule has 0 radical (unpaired) electrons. The van der Waals surface area contributed by atoms with Gasteiger partial charge in [-0.05, 0) is 45.7 Å². The molecule has 0 spiro atoms. The molecule has 3 heteroatoms. The van der Waals surface area contributed by atoms with Gasteiger partial charge >= 0.3 is 0 Å². The Hall–Kier alpha value is -0.120. The summed E-state index contributed by atoms with van der Waals surface area (Å²) in [6.45, 7) is 3.26. The van der Waals surface area contributed by atoms with Crippen LogP contribution in [0, 0.1) is 0 Å². The fourth-order valence-electron chi connectivity index (χ4n) is 1.75. The van der Waals surface area contributed by atoms with Crippen molar-refractivity contribution in [2.75, 3.05) is 20.2 Å². The van der Waals surface area contributed by atoms with Crippen LogP contribution in [0.4, 0.5) is 0 Å². The fourth-order valence-corrected chi connectivity index (χ4v) is 1.75. The lowest BCUT2D eigenvalue weighted by atomic mass is 9.92. The molecular weight excluding hydrogens is 176 g/mol. The minimum absolute atomic E-state index is 0.108. The van der Waals surface area contributed by atoms with E-state index >= 15 is 0 Å². The molecule has 1 atom stereocenters. The molecule has 0 aliphatic heterocycles. The largest absolute Gasteiger partial charge is 0.394 e. The summed E-state index contributed by atoms with van der Waals surface area (Å²) in [4.78, 5) is 2.41. The van der Waals surface area contributed by atoms with Crippen LogP contribution >= 0.6 is 0 Å². The molecule has 3 nitrogen and oxygen atoms in total. The van der Waals surface area contributed by atoms with Crippen molar-refractivity contribution in [1.82, 2.24) is 4.90 Å². The van der Waals surface area contributed by atoms with Gasteiger partial charge in [-0.3, -0.25) is 0 Å². The first-order valence-electron chi connectivity index (χ1n) is 5.71. The molecule has 0 bridgehead atoms. The maximum atomic E-state index is 9.13. The van der Waals surface area contributed by atoms with E-state index < -0.39 is 0 Å². The zero-order valence-corrected chi connectivity index (χ0v) is 9.50. The van der Waals surface area contributed by atoms with Crippen molar-refractivity contribution in [3.8, 4) is 0 Å². The molecule has 0 aromatic heterocycles. The third-order valence-electron chi connectivity index (χ3n) is 3.37. The number of aliphatic hydroxyl groups excluding tert-OH is 1. The second-order valence-electron chi connectivity index (χ2n) is 4.69. The van der Waals surface area contributed by atoms with Gasteiger partial charge in [0, 0.05) is 11.6 Å². The smallest absolute Gasteiger partial charge is 0.0611 e. The predicted octanol–water partition coefficient (Wildman–Crippen LogP) is 0.961. The van der Waals surface area contributed by atoms with Crippen LogP contribution in [-0.2, 0) is 0 Å². The van der Waals surface area contributed by atoms with Gasteiger partial charge in [-0.1, -0.05) is 6.92 Å². The lowest BCUT2D eigenvalue weighted by Gasteiger charge is -2.26. The zero-order chi connectivity index (χ0) is 10.6. The molecule has 0 aromatic carbocycles. The highest BCUT2D eigenvalue weighted by Crippen LogP contribution is 2.25. The summed E-state index contributed by atoms with van der Waals surface area (Å²) in [7, 11) is 2.18. The molecule has 0 heterocycles. The lowest BCUT2D eigenvalue weighted by Crippen LogP contribution is -2.43. The summed E-state index contributed by atoms with van der Waals surface area (Å²) < 4.78 is 0. The van der Waals surface area contributed by atoms with Gasteiger partial charge in [-0.15, -0.1) is 0 Å². The van der Waals surface area contributed by atoms with Crippen LogP contribution in [0.2, 0.25) is 0 Å². The minimum Gasteiger partial charge on any atom is -0.394 e. The molecule has 0 aromatic rings. The van der Waals surface area contributed by atoms with Gasteiger partial charge in [0.05, 0.1) is 6.61 Å². The molecular formula is C11H24N2O. The van der Waals surface area contributed by atoms with Gasteiger partial charge in [0.1, 0.15) is 0 Å². The van der Waals surface area contributed by atoms with Crippen molar-refractivity contribution >= 4 is 0 Å². The number of nitrogens with zero attached hydrogens (tertiary/aromatic N) is 1. The Bertz CT molecular complexity index is 165. The SMILES string of the molecule is CCC(N)(CO)CCCN(C)C1CC1. The van der Waals surface area contributed by atoms with Crippen LogP contribution in [0.3, 0.4) is 0 Å². The van der Waals surface area contributed by atoms with Crippen molar-refractivity contribution in [1.29, 1.82) is 0 Å². The van der Waals surface area contributed by atoms with Gasteiger partial charge in [-0.25, -0.2) is 0 Å². The van der Waals surface area contributed by atoms with Crippen molar-refractivity contribution in [2.45, 2.75) is 50.6 Å². The number of hydrogen-bond donors (Lipinski definition) is 2. The summed E-state index contributed by atoms with van der Waals surface area (Å²) in [5.41, 5.74) is 5.66. The first kappa shape index (κ1) is 12.0. The van der Waals surface area contributed by atoms with E-state index in [9.17, 15) is 0 Å². The molecule has 1 rings (SSSR count). The monoisotopic (exact) mass is 200 g/mol. The second kappa shape index (κ2) is 5.10. The Balaban J connectivity index is 2.12. The van der Waals surface area contributed by atoms with E-state index in [1.807, 2.05) is 6.92 Å². The van der Waals surface area contributed by atoms with Gasteiger partial charge in [0.15, 0.2) is 0 Å². The van der Waals surface area contributed by atoms with E-state index in [4.69, 9.17) is 10.8 Å². The van der Waals surface area contributed by atoms with E-state index in [0.29, 0.717) is 0 Å². The third kappa shape index (κ3) is 3.56. The Morgan fingerprint density at radius 2 is 2.14 bits per heavy atom. The van der Waals surface area contributed by atoms with Crippen molar-refractivity contribution in [3.63, 3.8) is 0 Å². The average Bonchev–Trinajstić information content (AvgIpc) is 3.00. The van der Waals surface area contributed by atoms with Crippen LogP contribution in [0.15, 0.2) is 0 Å². The van der Waals surface area contributed by atoms with Crippen LogP contribution in [0.5, 0.6) is 0 Å². The number of hydrogen-bond acceptors (Lipinski definition) is 3. The average molecular weight is 200 g/mol. The van der Waals surface area contributed by atoms with E-state index in [2.05, 4.69) is 11.9 Å². The Kier molecular flexibility index (Phi) is 4.35.